The van der Waals surface area contributed by atoms with E-state index in [2.05, 4.69) is 15.3 Å². The third-order valence-electron chi connectivity index (χ3n) is 6.54. The van der Waals surface area contributed by atoms with Crippen molar-refractivity contribution in [2.75, 3.05) is 11.9 Å². The zero-order valence-electron chi connectivity index (χ0n) is 18.4. The number of ketones is 1. The highest BCUT2D eigenvalue weighted by Crippen LogP contribution is 2.55. The minimum absolute atomic E-state index is 0.0806. The quantitative estimate of drug-likeness (QED) is 0.398. The molecular formula is C23H22ClFN4O4S2. The number of halogens is 2. The fraction of sp³-hybridized carbons (Fsp3) is 0.348. The lowest BCUT2D eigenvalue weighted by molar-refractivity contribution is 0.104. The number of nitrogens with zero attached hydrogens (tertiary/aromatic N) is 2. The number of nitrogens with two attached hydrogens (primary N) is 1. The predicted octanol–water partition coefficient (Wildman–Crippen LogP) is 3.81. The van der Waals surface area contributed by atoms with E-state index >= 15 is 0 Å². The lowest BCUT2D eigenvalue weighted by Crippen LogP contribution is -2.22. The van der Waals surface area contributed by atoms with Crippen molar-refractivity contribution in [2.45, 2.75) is 25.3 Å². The Morgan fingerprint density at radius 2 is 2.06 bits per heavy atom. The van der Waals surface area contributed by atoms with Gasteiger partial charge in [-0.25, -0.2) is 15.1 Å². The van der Waals surface area contributed by atoms with E-state index in [9.17, 15) is 17.6 Å². The van der Waals surface area contributed by atoms with E-state index in [1.807, 2.05) is 6.07 Å². The highest BCUT2D eigenvalue weighted by atomic mass is 35.5. The van der Waals surface area contributed by atoms with Crippen molar-refractivity contribution in [2.24, 2.45) is 22.9 Å². The van der Waals surface area contributed by atoms with Gasteiger partial charge in [0.25, 0.3) is 0 Å². The van der Waals surface area contributed by atoms with Crippen LogP contribution in [0.1, 0.15) is 39.2 Å². The molecular weight excluding hydrogens is 515 g/mol. The number of rotatable bonds is 9. The SMILES string of the molecule is NS(=O)(=O)OC[C@@H]1CC2C(Nc3ncncc3C(=O)c3cc(Cc4cccc(Cl)c4)c(F)s3)[C@@H]2C1. The summed E-state index contributed by atoms with van der Waals surface area (Å²) in [7, 11) is -3.94. The van der Waals surface area contributed by atoms with Crippen LogP contribution < -0.4 is 10.5 Å². The maximum atomic E-state index is 14.7. The van der Waals surface area contributed by atoms with Crippen molar-refractivity contribution in [3.63, 3.8) is 0 Å². The molecule has 35 heavy (non-hydrogen) atoms. The van der Waals surface area contributed by atoms with Crippen molar-refractivity contribution in [3.8, 4) is 0 Å². The van der Waals surface area contributed by atoms with E-state index in [1.165, 1.54) is 12.5 Å². The van der Waals surface area contributed by atoms with Crippen LogP contribution in [0.2, 0.25) is 5.02 Å². The van der Waals surface area contributed by atoms with Gasteiger partial charge in [-0.15, -0.1) is 11.3 Å². The fourth-order valence-electron chi connectivity index (χ4n) is 4.90. The van der Waals surface area contributed by atoms with E-state index in [4.69, 9.17) is 20.9 Å². The van der Waals surface area contributed by atoms with E-state index in [-0.39, 0.29) is 34.8 Å². The van der Waals surface area contributed by atoms with Gasteiger partial charge in [0.05, 0.1) is 17.0 Å². The van der Waals surface area contributed by atoms with Gasteiger partial charge < -0.3 is 5.32 Å². The van der Waals surface area contributed by atoms with Gasteiger partial charge in [-0.05, 0) is 54.4 Å². The summed E-state index contributed by atoms with van der Waals surface area (Å²) in [4.78, 5) is 21.8. The Bertz CT molecular complexity index is 1370. The molecule has 3 N–H and O–H groups in total. The van der Waals surface area contributed by atoms with Gasteiger partial charge in [-0.1, -0.05) is 23.7 Å². The van der Waals surface area contributed by atoms with Gasteiger partial charge in [-0.3, -0.25) is 8.98 Å². The Hall–Kier alpha value is -2.44. The first kappa shape index (κ1) is 24.3. The van der Waals surface area contributed by atoms with Crippen molar-refractivity contribution in [1.82, 2.24) is 9.97 Å². The van der Waals surface area contributed by atoms with Crippen LogP contribution in [0.15, 0.2) is 42.9 Å². The summed E-state index contributed by atoms with van der Waals surface area (Å²) in [5.74, 6) is 0.863. The third-order valence-corrected chi connectivity index (χ3v) is 8.20. The molecule has 0 aliphatic heterocycles. The van der Waals surface area contributed by atoms with Crippen LogP contribution >= 0.6 is 22.9 Å². The summed E-state index contributed by atoms with van der Waals surface area (Å²) >= 11 is 6.83. The highest BCUT2D eigenvalue weighted by molar-refractivity contribution is 7.84. The van der Waals surface area contributed by atoms with Crippen LogP contribution in [0.25, 0.3) is 0 Å². The maximum Gasteiger partial charge on any atom is 0.333 e. The average molecular weight is 537 g/mol. The van der Waals surface area contributed by atoms with Crippen molar-refractivity contribution in [3.05, 3.63) is 74.6 Å². The van der Waals surface area contributed by atoms with Crippen LogP contribution in [0.3, 0.4) is 0 Å². The number of aromatic nitrogens is 2. The Morgan fingerprint density at radius 3 is 2.77 bits per heavy atom. The molecule has 8 nitrogen and oxygen atoms in total. The second-order valence-corrected chi connectivity index (χ2v) is 11.6. The largest absolute Gasteiger partial charge is 0.366 e. The average Bonchev–Trinajstić information content (AvgIpc) is 3.11. The molecule has 2 saturated carbocycles. The molecule has 184 valence electrons. The summed E-state index contributed by atoms with van der Waals surface area (Å²) in [6.45, 7) is 0.0806. The van der Waals surface area contributed by atoms with Crippen LogP contribution in [0.5, 0.6) is 0 Å². The molecule has 3 aromatic rings. The molecule has 2 fully saturated rings. The predicted molar refractivity (Wildman–Crippen MR) is 130 cm³/mol. The lowest BCUT2D eigenvalue weighted by Gasteiger charge is -2.15. The van der Waals surface area contributed by atoms with Gasteiger partial charge in [0.2, 0.25) is 5.78 Å². The first-order valence-corrected chi connectivity index (χ1v) is 13.7. The summed E-state index contributed by atoms with van der Waals surface area (Å²) in [6, 6.07) is 8.87. The summed E-state index contributed by atoms with van der Waals surface area (Å²) in [6.07, 6.45) is 4.73. The number of nitrogens with one attached hydrogen (secondary N) is 1. The molecule has 5 rings (SSSR count). The van der Waals surface area contributed by atoms with E-state index in [1.54, 1.807) is 24.3 Å². The Morgan fingerprint density at radius 1 is 1.29 bits per heavy atom. The van der Waals surface area contributed by atoms with Gasteiger partial charge >= 0.3 is 10.3 Å². The second-order valence-electron chi connectivity index (χ2n) is 8.94. The summed E-state index contributed by atoms with van der Waals surface area (Å²) in [5, 5.41) is 8.40. The molecule has 2 aromatic heterocycles. The van der Waals surface area contributed by atoms with Gasteiger partial charge in [-0.2, -0.15) is 12.8 Å². The molecule has 12 heteroatoms. The Balaban J connectivity index is 1.25. The van der Waals surface area contributed by atoms with Crippen molar-refractivity contribution in [1.29, 1.82) is 0 Å². The molecule has 2 aliphatic carbocycles. The van der Waals surface area contributed by atoms with E-state index < -0.39 is 15.4 Å². The molecule has 0 spiro atoms. The number of carbonyl (C=O) groups is 1. The number of anilines is 1. The standard InChI is InChI=1S/C23H22ClFN4O4S2/c24-15-3-1-2-12(5-15)4-14-8-19(34-22(14)25)21(30)18-9-27-11-28-23(18)29-20-16-6-13(7-17(16)20)10-33-35(26,31)32/h1-3,5,8-9,11,13,16-17,20H,4,6-7,10H2,(H2,26,31,32)(H,27,28,29)/t13-,16+,17?,20?/m0/s1. The van der Waals surface area contributed by atoms with E-state index in [0.29, 0.717) is 34.7 Å². The zero-order valence-corrected chi connectivity index (χ0v) is 20.7. The normalized spacial score (nSPS) is 23.2. The fourth-order valence-corrected chi connectivity index (χ4v) is 6.36. The van der Waals surface area contributed by atoms with Crippen LogP contribution in [0.4, 0.5) is 10.2 Å². The molecule has 2 heterocycles. The van der Waals surface area contributed by atoms with E-state index in [0.717, 1.165) is 29.7 Å². The first-order valence-electron chi connectivity index (χ1n) is 11.0. The number of carbonyl (C=O) groups excluding carboxylic acids is 1. The Kier molecular flexibility index (Phi) is 6.62. The summed E-state index contributed by atoms with van der Waals surface area (Å²) in [5.41, 5.74) is 1.56. The zero-order chi connectivity index (χ0) is 24.7. The number of thiophene rings is 1. The molecule has 0 amide bonds. The number of fused-ring (bicyclic) bond motifs is 1. The molecule has 2 unspecified atom stereocenters. The Labute approximate surface area is 211 Å². The minimum atomic E-state index is -3.94. The van der Waals surface area contributed by atoms with Crippen molar-refractivity contribution >= 4 is 44.8 Å². The summed E-state index contributed by atoms with van der Waals surface area (Å²) < 4.78 is 41.4. The van der Waals surface area contributed by atoms with Crippen LogP contribution in [0, 0.1) is 22.9 Å². The van der Waals surface area contributed by atoms with Gasteiger partial charge in [0.1, 0.15) is 12.1 Å². The molecule has 4 atom stereocenters. The first-order chi connectivity index (χ1) is 16.7. The maximum absolute atomic E-state index is 14.7. The smallest absolute Gasteiger partial charge is 0.333 e. The highest BCUT2D eigenvalue weighted by Gasteiger charge is 2.56. The molecule has 0 bridgehead atoms. The topological polar surface area (TPSA) is 124 Å². The van der Waals surface area contributed by atoms with Gasteiger partial charge in [0.15, 0.2) is 5.13 Å². The number of benzene rings is 1. The third kappa shape index (κ3) is 5.54. The van der Waals surface area contributed by atoms with Gasteiger partial charge in [0, 0.05) is 29.2 Å². The molecule has 2 aliphatic rings. The number of hydrogen-bond donors (Lipinski definition) is 2. The second kappa shape index (κ2) is 9.55. The molecule has 0 radical (unpaired) electrons. The monoisotopic (exact) mass is 536 g/mol. The molecule has 0 saturated heterocycles. The van der Waals surface area contributed by atoms with Crippen LogP contribution in [-0.2, 0) is 20.9 Å². The number of hydrogen-bond acceptors (Lipinski definition) is 8. The lowest BCUT2D eigenvalue weighted by atomic mass is 10.0. The minimum Gasteiger partial charge on any atom is -0.366 e. The van der Waals surface area contributed by atoms with Crippen LogP contribution in [-0.4, -0.2) is 36.8 Å². The van der Waals surface area contributed by atoms with Crippen molar-refractivity contribution < 1.29 is 21.8 Å². The molecule has 1 aromatic carbocycles.